The van der Waals surface area contributed by atoms with Gasteiger partial charge in [0.1, 0.15) is 0 Å². The van der Waals surface area contributed by atoms with E-state index in [1.807, 2.05) is 18.2 Å². The van der Waals surface area contributed by atoms with E-state index in [0.717, 1.165) is 24.1 Å². The van der Waals surface area contributed by atoms with Crippen LogP contribution in [-0.2, 0) is 17.6 Å². The lowest BCUT2D eigenvalue weighted by Crippen LogP contribution is -2.38. The van der Waals surface area contributed by atoms with E-state index in [0.29, 0.717) is 29.1 Å². The molecule has 0 radical (unpaired) electrons. The highest BCUT2D eigenvalue weighted by molar-refractivity contribution is 5.96. The zero-order chi connectivity index (χ0) is 17.6. The van der Waals surface area contributed by atoms with Gasteiger partial charge >= 0.3 is 0 Å². The first-order valence-corrected chi connectivity index (χ1v) is 8.29. The number of carbonyl (C=O) groups is 1. The first kappa shape index (κ1) is 15.4. The van der Waals surface area contributed by atoms with Gasteiger partial charge in [0.25, 0.3) is 5.56 Å². The molecule has 0 bridgehead atoms. The number of aromatic amines is 1. The second-order valence-corrected chi connectivity index (χ2v) is 6.31. The monoisotopic (exact) mass is 337 g/mol. The predicted octanol–water partition coefficient (Wildman–Crippen LogP) is 1.44. The number of rotatable bonds is 2. The molecule has 0 saturated heterocycles. The van der Waals surface area contributed by atoms with Crippen molar-refractivity contribution in [3.8, 4) is 0 Å². The van der Waals surface area contributed by atoms with Crippen LogP contribution in [0.15, 0.2) is 35.3 Å². The van der Waals surface area contributed by atoms with E-state index in [1.165, 1.54) is 4.52 Å². The summed E-state index contributed by atoms with van der Waals surface area (Å²) in [4.78, 5) is 31.7. The first-order valence-electron chi connectivity index (χ1n) is 8.29. The average Bonchev–Trinajstić information content (AvgIpc) is 3.07. The number of nitrogen functional groups attached to an aromatic ring is 1. The van der Waals surface area contributed by atoms with Gasteiger partial charge in [-0.1, -0.05) is 6.07 Å². The van der Waals surface area contributed by atoms with Gasteiger partial charge in [0.2, 0.25) is 5.91 Å². The van der Waals surface area contributed by atoms with Gasteiger partial charge in [-0.05, 0) is 37.5 Å². The maximum Gasteiger partial charge on any atom is 0.276 e. The summed E-state index contributed by atoms with van der Waals surface area (Å²) in [5.41, 5.74) is 9.94. The van der Waals surface area contributed by atoms with Gasteiger partial charge in [-0.2, -0.15) is 0 Å². The van der Waals surface area contributed by atoms with Gasteiger partial charge in [-0.25, -0.2) is 9.50 Å². The summed E-state index contributed by atoms with van der Waals surface area (Å²) in [7, 11) is 0. The molecule has 1 aliphatic heterocycles. The van der Waals surface area contributed by atoms with Crippen molar-refractivity contribution in [1.29, 1.82) is 0 Å². The summed E-state index contributed by atoms with van der Waals surface area (Å²) in [5, 5.41) is 2.83. The molecule has 0 spiro atoms. The Morgan fingerprint density at radius 2 is 2.20 bits per heavy atom. The average molecular weight is 337 g/mol. The Labute approximate surface area is 144 Å². The van der Waals surface area contributed by atoms with Crippen molar-refractivity contribution in [2.24, 2.45) is 0 Å². The smallest absolute Gasteiger partial charge is 0.276 e. The zero-order valence-electron chi connectivity index (χ0n) is 14.0. The molecule has 4 rings (SSSR count). The molecule has 1 aliphatic rings. The summed E-state index contributed by atoms with van der Waals surface area (Å²) < 4.78 is 1.36. The van der Waals surface area contributed by atoms with Gasteiger partial charge in [0, 0.05) is 41.4 Å². The lowest BCUT2D eigenvalue weighted by atomic mass is 9.99. The lowest BCUT2D eigenvalue weighted by Gasteiger charge is -2.30. The number of nitrogens with two attached hydrogens (primary N) is 1. The van der Waals surface area contributed by atoms with Crippen LogP contribution in [0.1, 0.15) is 23.2 Å². The number of H-pyrrole nitrogens is 1. The Morgan fingerprint density at radius 1 is 1.36 bits per heavy atom. The minimum absolute atomic E-state index is 0.0217. The van der Waals surface area contributed by atoms with E-state index in [4.69, 9.17) is 5.73 Å². The molecule has 25 heavy (non-hydrogen) atoms. The van der Waals surface area contributed by atoms with E-state index >= 15 is 0 Å². The van der Waals surface area contributed by atoms with Gasteiger partial charge < -0.3 is 10.6 Å². The number of hydrogen-bond donors (Lipinski definition) is 2. The number of amides is 1. The molecule has 0 atom stereocenters. The fourth-order valence-corrected chi connectivity index (χ4v) is 3.47. The van der Waals surface area contributed by atoms with Crippen LogP contribution in [0.25, 0.3) is 5.65 Å². The second-order valence-electron chi connectivity index (χ2n) is 6.31. The Kier molecular flexibility index (Phi) is 3.56. The number of nitrogens with one attached hydrogen (secondary N) is 1. The van der Waals surface area contributed by atoms with Crippen LogP contribution in [0.3, 0.4) is 0 Å². The van der Waals surface area contributed by atoms with Crippen LogP contribution in [0, 0.1) is 6.92 Å². The molecule has 3 N–H and O–H groups in total. The molecule has 0 unspecified atom stereocenters. The van der Waals surface area contributed by atoms with Crippen LogP contribution in [0.2, 0.25) is 0 Å². The molecule has 2 aromatic heterocycles. The normalized spacial score (nSPS) is 13.9. The molecule has 0 fully saturated rings. The number of aromatic nitrogens is 3. The van der Waals surface area contributed by atoms with E-state index in [1.54, 1.807) is 24.1 Å². The van der Waals surface area contributed by atoms with Crippen molar-refractivity contribution in [2.45, 2.75) is 26.2 Å². The standard InChI is InChI=1S/C18H19N5O2/c1-11-13(18(25)23-16(21-11)7-8-20-23)10-17(24)22-9-3-4-12-14(19)5-2-6-15(12)22/h2,5-8,20H,3-4,9-10,19H2,1H3. The highest BCUT2D eigenvalue weighted by Crippen LogP contribution is 2.31. The number of nitrogens with zero attached hydrogens (tertiary/aromatic N) is 3. The molecule has 0 aliphatic carbocycles. The highest BCUT2D eigenvalue weighted by Gasteiger charge is 2.25. The molecule has 3 aromatic rings. The van der Waals surface area contributed by atoms with Crippen molar-refractivity contribution in [1.82, 2.24) is 14.6 Å². The molecular formula is C18H19N5O2. The predicted molar refractivity (Wildman–Crippen MR) is 95.8 cm³/mol. The van der Waals surface area contributed by atoms with Crippen molar-refractivity contribution < 1.29 is 4.79 Å². The SMILES string of the molecule is Cc1nc2cc[nH]n2c(=O)c1CC(=O)N1CCCc2c(N)cccc21. The largest absolute Gasteiger partial charge is 0.398 e. The van der Waals surface area contributed by atoms with Gasteiger partial charge in [-0.15, -0.1) is 0 Å². The van der Waals surface area contributed by atoms with Gasteiger partial charge in [0.15, 0.2) is 5.65 Å². The van der Waals surface area contributed by atoms with E-state index in [9.17, 15) is 9.59 Å². The Balaban J connectivity index is 1.71. The van der Waals surface area contributed by atoms with Crippen LogP contribution >= 0.6 is 0 Å². The summed E-state index contributed by atoms with van der Waals surface area (Å²) in [5.74, 6) is -0.111. The molecule has 7 nitrogen and oxygen atoms in total. The molecule has 0 saturated carbocycles. The number of anilines is 2. The quantitative estimate of drug-likeness (QED) is 0.692. The minimum atomic E-state index is -0.231. The van der Waals surface area contributed by atoms with Crippen LogP contribution < -0.4 is 16.2 Å². The fourth-order valence-electron chi connectivity index (χ4n) is 3.47. The molecule has 3 heterocycles. The summed E-state index contributed by atoms with van der Waals surface area (Å²) in [6.45, 7) is 2.40. The molecule has 1 aromatic carbocycles. The third-order valence-electron chi connectivity index (χ3n) is 4.76. The van der Waals surface area contributed by atoms with Crippen molar-refractivity contribution >= 4 is 22.9 Å². The molecular weight excluding hydrogens is 318 g/mol. The van der Waals surface area contributed by atoms with Gasteiger partial charge in [-0.3, -0.25) is 14.7 Å². The molecule has 128 valence electrons. The maximum absolute atomic E-state index is 12.9. The van der Waals surface area contributed by atoms with Crippen LogP contribution in [0.5, 0.6) is 0 Å². The third kappa shape index (κ3) is 2.48. The minimum Gasteiger partial charge on any atom is -0.398 e. The Bertz CT molecular complexity index is 1030. The maximum atomic E-state index is 12.9. The Hall–Kier alpha value is -3.09. The number of fused-ring (bicyclic) bond motifs is 2. The topological polar surface area (TPSA) is 96.5 Å². The first-order chi connectivity index (χ1) is 12.1. The van der Waals surface area contributed by atoms with Crippen molar-refractivity contribution in [2.75, 3.05) is 17.2 Å². The van der Waals surface area contributed by atoms with Crippen molar-refractivity contribution in [3.63, 3.8) is 0 Å². The van der Waals surface area contributed by atoms with Gasteiger partial charge in [0.05, 0.1) is 6.42 Å². The summed E-state index contributed by atoms with van der Waals surface area (Å²) >= 11 is 0. The Morgan fingerprint density at radius 3 is 3.04 bits per heavy atom. The molecule has 7 heteroatoms. The van der Waals surface area contributed by atoms with Crippen molar-refractivity contribution in [3.05, 3.63) is 57.6 Å². The number of hydrogen-bond acceptors (Lipinski definition) is 4. The third-order valence-corrected chi connectivity index (χ3v) is 4.76. The zero-order valence-corrected chi connectivity index (χ0v) is 14.0. The fraction of sp³-hybridized carbons (Fsp3) is 0.278. The number of benzene rings is 1. The highest BCUT2D eigenvalue weighted by atomic mass is 16.2. The van der Waals surface area contributed by atoms with Crippen LogP contribution in [-0.4, -0.2) is 27.0 Å². The second kappa shape index (κ2) is 5.77. The summed E-state index contributed by atoms with van der Waals surface area (Å²) in [6.07, 6.45) is 3.40. The van der Waals surface area contributed by atoms with E-state index in [-0.39, 0.29) is 17.9 Å². The van der Waals surface area contributed by atoms with E-state index < -0.39 is 0 Å². The van der Waals surface area contributed by atoms with E-state index in [2.05, 4.69) is 10.1 Å². The number of aryl methyl sites for hydroxylation is 1. The summed E-state index contributed by atoms with van der Waals surface area (Å²) in [6, 6.07) is 7.34. The molecule has 1 amide bonds. The lowest BCUT2D eigenvalue weighted by molar-refractivity contribution is -0.118. The van der Waals surface area contributed by atoms with Crippen LogP contribution in [0.4, 0.5) is 11.4 Å². The number of carbonyl (C=O) groups excluding carboxylic acids is 1.